The summed E-state index contributed by atoms with van der Waals surface area (Å²) in [6, 6.07) is 11.8. The highest BCUT2D eigenvalue weighted by Gasteiger charge is 2.33. The maximum atomic E-state index is 12.1. The average molecular weight is 300 g/mol. The molecule has 5 nitrogen and oxygen atoms in total. The van der Waals surface area contributed by atoms with E-state index in [0.29, 0.717) is 5.56 Å². The van der Waals surface area contributed by atoms with Crippen molar-refractivity contribution in [2.45, 2.75) is 12.6 Å². The van der Waals surface area contributed by atoms with Gasteiger partial charge >= 0.3 is 0 Å². The maximum Gasteiger partial charge on any atom is 0.254 e. The Balaban J connectivity index is 1.61. The Morgan fingerprint density at radius 1 is 1.27 bits per heavy atom. The molecular weight excluding hydrogens is 280 g/mol. The van der Waals surface area contributed by atoms with Crippen LogP contribution < -0.4 is 5.32 Å². The highest BCUT2D eigenvalue weighted by molar-refractivity contribution is 5.94. The fraction of sp³-hybridized carbons (Fsp3) is 0.353. The van der Waals surface area contributed by atoms with Crippen molar-refractivity contribution in [1.82, 2.24) is 10.2 Å². The molecule has 5 heteroatoms. The van der Waals surface area contributed by atoms with E-state index in [1.165, 1.54) is 18.1 Å². The third kappa shape index (κ3) is 3.37. The molecule has 0 radical (unpaired) electrons. The van der Waals surface area contributed by atoms with Crippen molar-refractivity contribution in [2.75, 3.05) is 19.7 Å². The number of nitrogens with one attached hydrogen (secondary N) is 1. The van der Waals surface area contributed by atoms with Gasteiger partial charge < -0.3 is 14.8 Å². The molecule has 2 aromatic rings. The van der Waals surface area contributed by atoms with Gasteiger partial charge in [0.1, 0.15) is 6.26 Å². The molecule has 2 atom stereocenters. The van der Waals surface area contributed by atoms with E-state index in [1.54, 1.807) is 6.07 Å². The number of carbonyl (C=O) groups is 1. The molecule has 1 saturated heterocycles. The lowest BCUT2D eigenvalue weighted by Gasteiger charge is -2.17. The van der Waals surface area contributed by atoms with Gasteiger partial charge in [-0.05, 0) is 11.6 Å². The number of nitrogens with zero attached hydrogens (tertiary/aromatic N) is 1. The maximum absolute atomic E-state index is 12.1. The van der Waals surface area contributed by atoms with E-state index < -0.39 is 0 Å². The Morgan fingerprint density at radius 2 is 2.09 bits per heavy atom. The van der Waals surface area contributed by atoms with Crippen LogP contribution >= 0.6 is 0 Å². The van der Waals surface area contributed by atoms with E-state index in [9.17, 15) is 9.90 Å². The van der Waals surface area contributed by atoms with Gasteiger partial charge in [-0.15, -0.1) is 0 Å². The summed E-state index contributed by atoms with van der Waals surface area (Å²) in [5, 5.41) is 12.6. The van der Waals surface area contributed by atoms with E-state index >= 15 is 0 Å². The molecule has 0 unspecified atom stereocenters. The van der Waals surface area contributed by atoms with Gasteiger partial charge in [0.25, 0.3) is 5.91 Å². The number of aliphatic hydroxyl groups is 1. The molecule has 1 amide bonds. The molecule has 1 fully saturated rings. The van der Waals surface area contributed by atoms with Gasteiger partial charge in [-0.2, -0.15) is 0 Å². The predicted octanol–water partition coefficient (Wildman–Crippen LogP) is 1.50. The van der Waals surface area contributed by atoms with Crippen LogP contribution in [-0.4, -0.2) is 41.7 Å². The summed E-state index contributed by atoms with van der Waals surface area (Å²) in [6.45, 7) is 2.42. The van der Waals surface area contributed by atoms with Crippen LogP contribution in [0.5, 0.6) is 0 Å². The molecule has 2 heterocycles. The molecule has 0 bridgehead atoms. The number of amides is 1. The molecule has 3 rings (SSSR count). The second kappa shape index (κ2) is 6.77. The lowest BCUT2D eigenvalue weighted by molar-refractivity contribution is 0.0920. The fourth-order valence-corrected chi connectivity index (χ4v) is 2.93. The molecule has 1 aliphatic rings. The first kappa shape index (κ1) is 14.8. The number of rotatable bonds is 5. The van der Waals surface area contributed by atoms with Crippen molar-refractivity contribution in [3.63, 3.8) is 0 Å². The minimum Gasteiger partial charge on any atom is -0.472 e. The van der Waals surface area contributed by atoms with Gasteiger partial charge in [-0.3, -0.25) is 9.69 Å². The topological polar surface area (TPSA) is 65.7 Å². The van der Waals surface area contributed by atoms with Crippen molar-refractivity contribution in [3.05, 3.63) is 60.1 Å². The molecule has 116 valence electrons. The minimum atomic E-state index is -0.154. The lowest BCUT2D eigenvalue weighted by Crippen LogP contribution is -2.41. The van der Waals surface area contributed by atoms with E-state index in [4.69, 9.17) is 4.42 Å². The van der Waals surface area contributed by atoms with E-state index in [0.717, 1.165) is 19.6 Å². The summed E-state index contributed by atoms with van der Waals surface area (Å²) < 4.78 is 4.93. The second-order valence-corrected chi connectivity index (χ2v) is 5.71. The lowest BCUT2D eigenvalue weighted by atomic mass is 10.1. The first-order chi connectivity index (χ1) is 10.8. The minimum absolute atomic E-state index is 0.0453. The largest absolute Gasteiger partial charge is 0.472 e. The van der Waals surface area contributed by atoms with Gasteiger partial charge in [0.2, 0.25) is 0 Å². The number of likely N-dealkylation sites (tertiary alicyclic amines) is 1. The Kier molecular flexibility index (Phi) is 4.56. The van der Waals surface area contributed by atoms with Crippen LogP contribution in [0.25, 0.3) is 0 Å². The van der Waals surface area contributed by atoms with Crippen molar-refractivity contribution in [1.29, 1.82) is 0 Å². The Morgan fingerprint density at radius 3 is 2.77 bits per heavy atom. The van der Waals surface area contributed by atoms with Gasteiger partial charge in [-0.1, -0.05) is 30.3 Å². The normalized spacial score (nSPS) is 21.9. The summed E-state index contributed by atoms with van der Waals surface area (Å²) in [7, 11) is 0. The standard InChI is InChI=1S/C17H20N2O3/c20-11-15-9-19(8-13-4-2-1-3-5-13)10-16(15)18-17(21)14-6-7-22-12-14/h1-7,12,15-16,20H,8-11H2,(H,18,21)/t15-,16+/m0/s1. The monoisotopic (exact) mass is 300 g/mol. The third-order valence-electron chi connectivity index (χ3n) is 4.10. The quantitative estimate of drug-likeness (QED) is 0.878. The number of benzene rings is 1. The van der Waals surface area contributed by atoms with Crippen molar-refractivity contribution in [3.8, 4) is 0 Å². The van der Waals surface area contributed by atoms with Crippen LogP contribution in [0.2, 0.25) is 0 Å². The van der Waals surface area contributed by atoms with Crippen molar-refractivity contribution < 1.29 is 14.3 Å². The molecule has 22 heavy (non-hydrogen) atoms. The van der Waals surface area contributed by atoms with Gasteiger partial charge in [0.15, 0.2) is 0 Å². The van der Waals surface area contributed by atoms with Crippen molar-refractivity contribution >= 4 is 5.91 Å². The number of furan rings is 1. The zero-order valence-corrected chi connectivity index (χ0v) is 12.3. The summed E-state index contributed by atoms with van der Waals surface area (Å²) in [5.74, 6) is -0.0988. The Bertz CT molecular complexity index is 598. The second-order valence-electron chi connectivity index (χ2n) is 5.71. The van der Waals surface area contributed by atoms with Gasteiger partial charge in [-0.25, -0.2) is 0 Å². The van der Waals surface area contributed by atoms with Gasteiger partial charge in [0.05, 0.1) is 11.8 Å². The van der Waals surface area contributed by atoms with Crippen LogP contribution in [0, 0.1) is 5.92 Å². The zero-order valence-electron chi connectivity index (χ0n) is 12.3. The molecule has 1 aliphatic heterocycles. The number of hydrogen-bond donors (Lipinski definition) is 2. The molecular formula is C17H20N2O3. The summed E-state index contributed by atoms with van der Waals surface area (Å²) in [5.41, 5.74) is 1.75. The smallest absolute Gasteiger partial charge is 0.254 e. The van der Waals surface area contributed by atoms with Crippen LogP contribution in [0.1, 0.15) is 15.9 Å². The number of carbonyl (C=O) groups excluding carboxylic acids is 1. The molecule has 1 aromatic carbocycles. The van der Waals surface area contributed by atoms with E-state index in [1.807, 2.05) is 18.2 Å². The Labute approximate surface area is 129 Å². The summed E-state index contributed by atoms with van der Waals surface area (Å²) >= 11 is 0. The first-order valence-corrected chi connectivity index (χ1v) is 7.46. The zero-order chi connectivity index (χ0) is 15.4. The SMILES string of the molecule is O=C(N[C@@H]1CN(Cc2ccccc2)C[C@H]1CO)c1ccoc1. The molecule has 1 aromatic heterocycles. The fourth-order valence-electron chi connectivity index (χ4n) is 2.93. The third-order valence-corrected chi connectivity index (χ3v) is 4.10. The molecule has 0 aliphatic carbocycles. The first-order valence-electron chi connectivity index (χ1n) is 7.46. The molecule has 0 saturated carbocycles. The van der Waals surface area contributed by atoms with Crippen LogP contribution in [0.15, 0.2) is 53.3 Å². The molecule has 0 spiro atoms. The summed E-state index contributed by atoms with van der Waals surface area (Å²) in [4.78, 5) is 14.4. The van der Waals surface area contributed by atoms with Gasteiger partial charge in [0, 0.05) is 38.2 Å². The molecule has 2 N–H and O–H groups in total. The van der Waals surface area contributed by atoms with Crippen molar-refractivity contribution in [2.24, 2.45) is 5.92 Å². The van der Waals surface area contributed by atoms with Crippen LogP contribution in [0.3, 0.4) is 0 Å². The van der Waals surface area contributed by atoms with E-state index in [2.05, 4.69) is 22.3 Å². The average Bonchev–Trinajstić information content (AvgIpc) is 3.18. The number of aliphatic hydroxyl groups excluding tert-OH is 1. The summed E-state index contributed by atoms with van der Waals surface area (Å²) in [6.07, 6.45) is 2.91. The Hall–Kier alpha value is -2.11. The highest BCUT2D eigenvalue weighted by atomic mass is 16.3. The number of hydrogen-bond acceptors (Lipinski definition) is 4. The highest BCUT2D eigenvalue weighted by Crippen LogP contribution is 2.19. The van der Waals surface area contributed by atoms with E-state index in [-0.39, 0.29) is 24.5 Å². The van der Waals surface area contributed by atoms with Crippen LogP contribution in [0.4, 0.5) is 0 Å². The predicted molar refractivity (Wildman–Crippen MR) is 82.3 cm³/mol. The van der Waals surface area contributed by atoms with Crippen LogP contribution in [-0.2, 0) is 6.54 Å².